The molecule has 0 saturated heterocycles. The molecule has 6 nitrogen and oxygen atoms in total. The number of carbonyl (C=O) groups is 2. The zero-order valence-corrected chi connectivity index (χ0v) is 17.3. The Morgan fingerprint density at radius 3 is 2.66 bits per heavy atom. The van der Waals surface area contributed by atoms with Crippen LogP contribution in [0, 0.1) is 0 Å². The topological polar surface area (TPSA) is 62.7 Å². The van der Waals surface area contributed by atoms with E-state index < -0.39 is 6.04 Å². The number of hydrogen-bond acceptors (Lipinski definition) is 6. The van der Waals surface area contributed by atoms with Gasteiger partial charge in [0.1, 0.15) is 11.0 Å². The maximum absolute atomic E-state index is 12.9. The number of aromatic nitrogens is 1. The van der Waals surface area contributed by atoms with E-state index in [1.165, 1.54) is 7.11 Å². The van der Waals surface area contributed by atoms with E-state index in [0.29, 0.717) is 19.5 Å². The van der Waals surface area contributed by atoms with Gasteiger partial charge in [-0.2, -0.15) is 0 Å². The summed E-state index contributed by atoms with van der Waals surface area (Å²) in [6.07, 6.45) is 0.553. The molecule has 0 bridgehead atoms. The van der Waals surface area contributed by atoms with E-state index in [2.05, 4.69) is 4.98 Å². The minimum Gasteiger partial charge on any atom is -0.468 e. The number of hydrogen-bond donors (Lipinski definition) is 0. The second kappa shape index (κ2) is 8.31. The van der Waals surface area contributed by atoms with E-state index in [4.69, 9.17) is 4.74 Å². The maximum Gasteiger partial charge on any atom is 0.323 e. The maximum atomic E-state index is 12.9. The molecule has 0 N–H and O–H groups in total. The van der Waals surface area contributed by atoms with Crippen LogP contribution in [0.25, 0.3) is 10.2 Å². The van der Waals surface area contributed by atoms with Gasteiger partial charge in [-0.3, -0.25) is 14.5 Å². The zero-order valence-electron chi connectivity index (χ0n) is 16.5. The average Bonchev–Trinajstić information content (AvgIpc) is 3.14. The number of ether oxygens (including phenoxy) is 1. The third-order valence-electron chi connectivity index (χ3n) is 5.29. The van der Waals surface area contributed by atoms with Crippen molar-refractivity contribution in [2.45, 2.75) is 25.6 Å². The van der Waals surface area contributed by atoms with Crippen LogP contribution in [0.4, 0.5) is 0 Å². The van der Waals surface area contributed by atoms with Crippen LogP contribution in [0.3, 0.4) is 0 Å². The molecule has 0 radical (unpaired) electrons. The van der Waals surface area contributed by atoms with Crippen LogP contribution in [0.1, 0.15) is 16.1 Å². The Kier molecular flexibility index (Phi) is 5.60. The Balaban J connectivity index is 1.47. The van der Waals surface area contributed by atoms with Crippen molar-refractivity contribution in [1.29, 1.82) is 0 Å². The van der Waals surface area contributed by atoms with Crippen molar-refractivity contribution < 1.29 is 14.3 Å². The molecule has 1 aromatic heterocycles. The SMILES string of the molecule is COC(=O)[C@@H]1Cc2ccccc2CN1CC(=O)N(C)Cc1nc2ccccc2s1. The number of fused-ring (bicyclic) bond motifs is 2. The molecule has 1 amide bonds. The first kappa shape index (κ1) is 19.5. The molecule has 1 aliphatic rings. The fourth-order valence-corrected chi connectivity index (χ4v) is 4.71. The Morgan fingerprint density at radius 2 is 1.90 bits per heavy atom. The number of esters is 1. The second-order valence-electron chi connectivity index (χ2n) is 7.24. The number of benzene rings is 2. The lowest BCUT2D eigenvalue weighted by Gasteiger charge is -2.35. The van der Waals surface area contributed by atoms with Gasteiger partial charge in [-0.1, -0.05) is 36.4 Å². The van der Waals surface area contributed by atoms with E-state index in [9.17, 15) is 9.59 Å². The van der Waals surface area contributed by atoms with Crippen LogP contribution in [0.2, 0.25) is 0 Å². The highest BCUT2D eigenvalue weighted by molar-refractivity contribution is 7.18. The highest BCUT2D eigenvalue weighted by Crippen LogP contribution is 2.25. The zero-order chi connectivity index (χ0) is 20.4. The molecule has 150 valence electrons. The Hall–Kier alpha value is -2.77. The van der Waals surface area contributed by atoms with Crippen molar-refractivity contribution in [3.8, 4) is 0 Å². The van der Waals surface area contributed by atoms with Crippen molar-refractivity contribution >= 4 is 33.4 Å². The van der Waals surface area contributed by atoms with Crippen LogP contribution in [-0.2, 0) is 33.8 Å². The summed E-state index contributed by atoms with van der Waals surface area (Å²) in [5.41, 5.74) is 3.23. The van der Waals surface area contributed by atoms with Gasteiger partial charge in [-0.15, -0.1) is 11.3 Å². The lowest BCUT2D eigenvalue weighted by Crippen LogP contribution is -2.50. The van der Waals surface area contributed by atoms with Gasteiger partial charge in [-0.05, 0) is 29.7 Å². The summed E-state index contributed by atoms with van der Waals surface area (Å²) in [5.74, 6) is -0.348. The molecule has 0 fully saturated rings. The summed E-state index contributed by atoms with van der Waals surface area (Å²) in [6.45, 7) is 1.16. The van der Waals surface area contributed by atoms with Gasteiger partial charge in [0.25, 0.3) is 0 Å². The Morgan fingerprint density at radius 1 is 1.17 bits per heavy atom. The Bertz CT molecular complexity index is 1020. The van der Waals surface area contributed by atoms with Crippen LogP contribution >= 0.6 is 11.3 Å². The number of thiazole rings is 1. The van der Waals surface area contributed by atoms with Gasteiger partial charge in [-0.25, -0.2) is 4.98 Å². The third kappa shape index (κ3) is 4.16. The number of likely N-dealkylation sites (N-methyl/N-ethyl adjacent to an activating group) is 1. The van der Waals surface area contributed by atoms with Gasteiger partial charge >= 0.3 is 5.97 Å². The minimum absolute atomic E-state index is 0.0439. The van der Waals surface area contributed by atoms with Crippen molar-refractivity contribution in [3.63, 3.8) is 0 Å². The molecule has 29 heavy (non-hydrogen) atoms. The van der Waals surface area contributed by atoms with Crippen LogP contribution in [0.5, 0.6) is 0 Å². The predicted octanol–water partition coefficient (Wildman–Crippen LogP) is 2.85. The number of methoxy groups -OCH3 is 1. The number of carbonyl (C=O) groups excluding carboxylic acids is 2. The average molecular weight is 410 g/mol. The third-order valence-corrected chi connectivity index (χ3v) is 6.31. The van der Waals surface area contributed by atoms with Gasteiger partial charge in [0.05, 0.1) is 30.4 Å². The smallest absolute Gasteiger partial charge is 0.323 e. The quantitative estimate of drug-likeness (QED) is 0.607. The van der Waals surface area contributed by atoms with E-state index in [1.807, 2.05) is 53.4 Å². The van der Waals surface area contributed by atoms with Crippen molar-refractivity contribution in [2.24, 2.45) is 0 Å². The molecule has 7 heteroatoms. The van der Waals surface area contributed by atoms with Gasteiger partial charge in [0.15, 0.2) is 0 Å². The van der Waals surface area contributed by atoms with E-state index >= 15 is 0 Å². The molecule has 3 aromatic rings. The number of rotatable bonds is 5. The molecular formula is C22H23N3O3S. The highest BCUT2D eigenvalue weighted by Gasteiger charge is 2.33. The fourth-order valence-electron chi connectivity index (χ4n) is 3.68. The second-order valence-corrected chi connectivity index (χ2v) is 8.36. The van der Waals surface area contributed by atoms with Gasteiger partial charge in [0.2, 0.25) is 5.91 Å². The number of nitrogens with zero attached hydrogens (tertiary/aromatic N) is 3. The lowest BCUT2D eigenvalue weighted by molar-refractivity contribution is -0.149. The lowest BCUT2D eigenvalue weighted by atomic mass is 9.94. The molecule has 0 spiro atoms. The summed E-state index contributed by atoms with van der Waals surface area (Å²) in [7, 11) is 3.17. The summed E-state index contributed by atoms with van der Waals surface area (Å²) in [4.78, 5) is 33.4. The molecule has 0 saturated carbocycles. The molecule has 2 heterocycles. The monoisotopic (exact) mass is 409 g/mol. The standard InChI is InChI=1S/C22H23N3O3S/c1-24(13-20-23-17-9-5-6-10-19(17)29-20)21(26)14-25-12-16-8-4-3-7-15(16)11-18(25)22(27)28-2/h3-10,18H,11-14H2,1-2H3/t18-/m0/s1. The summed E-state index contributed by atoms with van der Waals surface area (Å²) < 4.78 is 6.11. The van der Waals surface area contributed by atoms with E-state index in [0.717, 1.165) is 26.4 Å². The van der Waals surface area contributed by atoms with Crippen LogP contribution < -0.4 is 0 Å². The molecule has 4 rings (SSSR count). The number of amides is 1. The normalized spacial score (nSPS) is 16.4. The predicted molar refractivity (Wildman–Crippen MR) is 112 cm³/mol. The first-order valence-corrected chi connectivity index (χ1v) is 10.3. The van der Waals surface area contributed by atoms with Crippen molar-refractivity contribution in [1.82, 2.24) is 14.8 Å². The first-order chi connectivity index (χ1) is 14.0. The van der Waals surface area contributed by atoms with Crippen LogP contribution in [0.15, 0.2) is 48.5 Å². The molecule has 1 aliphatic heterocycles. The molecular weight excluding hydrogens is 386 g/mol. The van der Waals surface area contributed by atoms with Crippen LogP contribution in [-0.4, -0.2) is 53.4 Å². The first-order valence-electron chi connectivity index (χ1n) is 9.52. The summed E-state index contributed by atoms with van der Waals surface area (Å²) in [5, 5.41) is 0.899. The van der Waals surface area contributed by atoms with Crippen molar-refractivity contribution in [2.75, 3.05) is 20.7 Å². The fraction of sp³-hybridized carbons (Fsp3) is 0.318. The molecule has 2 aromatic carbocycles. The van der Waals surface area contributed by atoms with Crippen molar-refractivity contribution in [3.05, 3.63) is 64.7 Å². The summed E-state index contributed by atoms with van der Waals surface area (Å²) in [6, 6.07) is 15.5. The Labute approximate surface area is 173 Å². The number of para-hydroxylation sites is 1. The van der Waals surface area contributed by atoms with Gasteiger partial charge in [0, 0.05) is 13.6 Å². The van der Waals surface area contributed by atoms with E-state index in [-0.39, 0.29) is 18.4 Å². The molecule has 0 aliphatic carbocycles. The van der Waals surface area contributed by atoms with E-state index in [1.54, 1.807) is 23.3 Å². The largest absolute Gasteiger partial charge is 0.468 e. The summed E-state index contributed by atoms with van der Waals surface area (Å²) >= 11 is 1.60. The van der Waals surface area contributed by atoms with Gasteiger partial charge < -0.3 is 9.64 Å². The highest BCUT2D eigenvalue weighted by atomic mass is 32.1. The molecule has 1 atom stereocenters. The minimum atomic E-state index is -0.449. The molecule has 0 unspecified atom stereocenters.